The summed E-state index contributed by atoms with van der Waals surface area (Å²) < 4.78 is 2.34. The topological polar surface area (TPSA) is 22.3 Å². The Labute approximate surface area is 135 Å². The van der Waals surface area contributed by atoms with E-state index in [-0.39, 0.29) is 0 Å². The second-order valence-electron chi connectivity index (χ2n) is 5.90. The summed E-state index contributed by atoms with van der Waals surface area (Å²) in [7, 11) is 0. The molecular formula is C18H19ClN3+. The summed E-state index contributed by atoms with van der Waals surface area (Å²) >= 11 is 6.10. The number of hydrogen-bond donors (Lipinski definition) is 0. The molecule has 2 aromatic heterocycles. The molecule has 0 saturated carbocycles. The summed E-state index contributed by atoms with van der Waals surface area (Å²) in [6.07, 6.45) is 8.72. The van der Waals surface area contributed by atoms with Crippen molar-refractivity contribution in [3.8, 4) is 0 Å². The number of H-pyrrole nitrogens is 1. The molecule has 4 rings (SSSR count). The Bertz CT molecular complexity index is 774. The first-order valence-electron chi connectivity index (χ1n) is 7.78. The standard InChI is InChI=1S/C18H18ClN3/c19-14-3-4-16-17(13-14)20-8-5-18(16)22-11-6-15(7-12-22)21-9-1-2-10-21/h1-5,8-10,13,15H,6-7,11-12H2/p+1. The minimum Gasteiger partial charge on any atom is -0.371 e. The second-order valence-corrected chi connectivity index (χ2v) is 6.34. The molecule has 1 saturated heterocycles. The first-order valence-corrected chi connectivity index (χ1v) is 8.16. The fourth-order valence-corrected chi connectivity index (χ4v) is 3.60. The highest BCUT2D eigenvalue weighted by molar-refractivity contribution is 6.31. The van der Waals surface area contributed by atoms with Gasteiger partial charge in [-0.1, -0.05) is 11.6 Å². The summed E-state index contributed by atoms with van der Waals surface area (Å²) in [6.45, 7) is 2.18. The molecule has 1 N–H and O–H groups in total. The lowest BCUT2D eigenvalue weighted by Crippen LogP contribution is -2.34. The molecule has 112 valence electrons. The smallest absolute Gasteiger partial charge is 0.214 e. The number of aromatic amines is 1. The molecule has 0 atom stereocenters. The maximum Gasteiger partial charge on any atom is 0.214 e. The number of nitrogens with one attached hydrogen (secondary N) is 1. The molecule has 0 amide bonds. The van der Waals surface area contributed by atoms with Crippen molar-refractivity contribution < 1.29 is 4.98 Å². The SMILES string of the molecule is Clc1ccc2c(N3CCC(n4cccc4)CC3)cc[nH+]c2c1. The van der Waals surface area contributed by atoms with E-state index in [0.717, 1.165) is 23.6 Å². The summed E-state index contributed by atoms with van der Waals surface area (Å²) in [4.78, 5) is 5.78. The zero-order valence-electron chi connectivity index (χ0n) is 12.4. The van der Waals surface area contributed by atoms with E-state index in [2.05, 4.69) is 51.1 Å². The number of benzene rings is 1. The maximum absolute atomic E-state index is 6.10. The minimum atomic E-state index is 0.627. The third kappa shape index (κ3) is 2.46. The van der Waals surface area contributed by atoms with Gasteiger partial charge in [-0.15, -0.1) is 0 Å². The lowest BCUT2D eigenvalue weighted by Gasteiger charge is -2.34. The molecule has 3 nitrogen and oxygen atoms in total. The van der Waals surface area contributed by atoms with E-state index < -0.39 is 0 Å². The predicted octanol–water partition coefficient (Wildman–Crippen LogP) is 3.95. The van der Waals surface area contributed by atoms with Crippen molar-refractivity contribution in [3.63, 3.8) is 0 Å². The van der Waals surface area contributed by atoms with Crippen molar-refractivity contribution in [1.82, 2.24) is 4.57 Å². The largest absolute Gasteiger partial charge is 0.371 e. The number of fused-ring (bicyclic) bond motifs is 1. The molecule has 0 spiro atoms. The summed E-state index contributed by atoms with van der Waals surface area (Å²) in [5.41, 5.74) is 2.40. The van der Waals surface area contributed by atoms with Crippen LogP contribution in [0.5, 0.6) is 0 Å². The van der Waals surface area contributed by atoms with Crippen molar-refractivity contribution in [1.29, 1.82) is 0 Å². The highest BCUT2D eigenvalue weighted by atomic mass is 35.5. The van der Waals surface area contributed by atoms with Crippen molar-refractivity contribution >= 4 is 28.2 Å². The molecule has 1 aliphatic rings. The maximum atomic E-state index is 6.10. The van der Waals surface area contributed by atoms with Crippen molar-refractivity contribution in [2.75, 3.05) is 18.0 Å². The van der Waals surface area contributed by atoms with E-state index in [9.17, 15) is 0 Å². The van der Waals surface area contributed by atoms with Crippen LogP contribution in [0.15, 0.2) is 55.0 Å². The fraction of sp³-hybridized carbons (Fsp3) is 0.278. The Morgan fingerprint density at radius 3 is 2.59 bits per heavy atom. The zero-order chi connectivity index (χ0) is 14.9. The number of halogens is 1. The van der Waals surface area contributed by atoms with Crippen LogP contribution in [0.25, 0.3) is 10.9 Å². The third-order valence-electron chi connectivity index (χ3n) is 4.59. The average Bonchev–Trinajstić information content (AvgIpc) is 3.09. The van der Waals surface area contributed by atoms with Crippen LogP contribution in [0.1, 0.15) is 18.9 Å². The van der Waals surface area contributed by atoms with Gasteiger partial charge in [-0.05, 0) is 37.1 Å². The molecule has 22 heavy (non-hydrogen) atoms. The number of nitrogens with zero attached hydrogens (tertiary/aromatic N) is 2. The van der Waals surface area contributed by atoms with Crippen LogP contribution >= 0.6 is 11.6 Å². The van der Waals surface area contributed by atoms with Gasteiger partial charge in [-0.2, -0.15) is 0 Å². The van der Waals surface area contributed by atoms with Gasteiger partial charge in [0.1, 0.15) is 0 Å². The third-order valence-corrected chi connectivity index (χ3v) is 4.83. The highest BCUT2D eigenvalue weighted by Crippen LogP contribution is 2.31. The second kappa shape index (κ2) is 5.65. The Morgan fingerprint density at radius 2 is 1.82 bits per heavy atom. The molecule has 0 bridgehead atoms. The quantitative estimate of drug-likeness (QED) is 0.702. The lowest BCUT2D eigenvalue weighted by molar-refractivity contribution is -0.344. The number of aromatic nitrogens is 2. The van der Waals surface area contributed by atoms with Crippen LogP contribution < -0.4 is 9.88 Å². The van der Waals surface area contributed by atoms with Crippen LogP contribution in [-0.4, -0.2) is 17.7 Å². The molecule has 0 aliphatic carbocycles. The van der Waals surface area contributed by atoms with Crippen LogP contribution in [0.2, 0.25) is 5.02 Å². The van der Waals surface area contributed by atoms with E-state index in [1.807, 2.05) is 18.3 Å². The van der Waals surface area contributed by atoms with Crippen molar-refractivity contribution in [3.05, 3.63) is 60.0 Å². The fourth-order valence-electron chi connectivity index (χ4n) is 3.43. The van der Waals surface area contributed by atoms with Gasteiger partial charge in [-0.3, -0.25) is 0 Å². The molecule has 0 unspecified atom stereocenters. The summed E-state index contributed by atoms with van der Waals surface area (Å²) in [5, 5.41) is 2.01. The number of anilines is 1. The van der Waals surface area contributed by atoms with Crippen LogP contribution in [0.3, 0.4) is 0 Å². The summed E-state index contributed by atoms with van der Waals surface area (Å²) in [5.74, 6) is 0. The molecule has 3 heterocycles. The average molecular weight is 313 g/mol. The summed E-state index contributed by atoms with van der Waals surface area (Å²) in [6, 6.07) is 13.1. The van der Waals surface area contributed by atoms with Gasteiger partial charge >= 0.3 is 0 Å². The molecular weight excluding hydrogens is 294 g/mol. The number of pyridine rings is 1. The predicted molar refractivity (Wildman–Crippen MR) is 90.4 cm³/mol. The molecule has 1 aliphatic heterocycles. The zero-order valence-corrected chi connectivity index (χ0v) is 13.1. The van der Waals surface area contributed by atoms with E-state index in [1.165, 1.54) is 23.9 Å². The number of piperidine rings is 1. The first kappa shape index (κ1) is 13.6. The highest BCUT2D eigenvalue weighted by Gasteiger charge is 2.22. The van der Waals surface area contributed by atoms with Gasteiger partial charge in [0.2, 0.25) is 5.52 Å². The molecule has 4 heteroatoms. The Hall–Kier alpha value is -2.00. The van der Waals surface area contributed by atoms with Crippen molar-refractivity contribution in [2.24, 2.45) is 0 Å². The Kier molecular flexibility index (Phi) is 3.51. The van der Waals surface area contributed by atoms with Gasteiger partial charge in [-0.25, -0.2) is 4.98 Å². The van der Waals surface area contributed by atoms with Crippen LogP contribution in [0, 0.1) is 0 Å². The van der Waals surface area contributed by atoms with E-state index in [1.54, 1.807) is 0 Å². The molecule has 0 radical (unpaired) electrons. The molecule has 1 aromatic carbocycles. The monoisotopic (exact) mass is 312 g/mol. The normalized spacial score (nSPS) is 16.3. The van der Waals surface area contributed by atoms with Gasteiger partial charge in [0.05, 0.1) is 11.1 Å². The Morgan fingerprint density at radius 1 is 1.05 bits per heavy atom. The van der Waals surface area contributed by atoms with Gasteiger partial charge < -0.3 is 9.47 Å². The van der Waals surface area contributed by atoms with Crippen molar-refractivity contribution in [2.45, 2.75) is 18.9 Å². The van der Waals surface area contributed by atoms with Crippen LogP contribution in [-0.2, 0) is 0 Å². The number of rotatable bonds is 2. The van der Waals surface area contributed by atoms with E-state index in [0.29, 0.717) is 6.04 Å². The van der Waals surface area contributed by atoms with Crippen LogP contribution in [0.4, 0.5) is 5.69 Å². The minimum absolute atomic E-state index is 0.627. The molecule has 3 aromatic rings. The van der Waals surface area contributed by atoms with E-state index >= 15 is 0 Å². The van der Waals surface area contributed by atoms with E-state index in [4.69, 9.17) is 11.6 Å². The van der Waals surface area contributed by atoms with Gasteiger partial charge in [0.25, 0.3) is 0 Å². The van der Waals surface area contributed by atoms with Gasteiger partial charge in [0, 0.05) is 48.7 Å². The van der Waals surface area contributed by atoms with Gasteiger partial charge in [0.15, 0.2) is 6.20 Å². The Balaban J connectivity index is 1.59. The first-order chi connectivity index (χ1) is 10.8. The lowest BCUT2D eigenvalue weighted by atomic mass is 10.0. The molecule has 1 fully saturated rings. The number of hydrogen-bond acceptors (Lipinski definition) is 1.